The van der Waals surface area contributed by atoms with Crippen molar-refractivity contribution in [3.8, 4) is 0 Å². The van der Waals surface area contributed by atoms with E-state index in [-0.39, 0.29) is 5.78 Å². The van der Waals surface area contributed by atoms with Gasteiger partial charge in [0.05, 0.1) is 11.8 Å². The Kier molecular flexibility index (Phi) is 4.38. The molecule has 2 aromatic heterocycles. The number of carbonyl (C=O) groups excluding carboxylic acids is 1. The number of hydrogen-bond donors (Lipinski definition) is 0. The van der Waals surface area contributed by atoms with E-state index in [2.05, 4.69) is 15.1 Å². The lowest BCUT2D eigenvalue weighted by atomic mass is 10.1. The number of aryl methyl sites for hydroxylation is 1. The van der Waals surface area contributed by atoms with Gasteiger partial charge in [0.2, 0.25) is 5.95 Å². The Morgan fingerprint density at radius 2 is 1.67 bits per heavy atom. The van der Waals surface area contributed by atoms with Gasteiger partial charge in [0.25, 0.3) is 0 Å². The molecule has 0 saturated heterocycles. The summed E-state index contributed by atoms with van der Waals surface area (Å²) in [5.41, 5.74) is 2.59. The molecule has 0 aliphatic carbocycles. The molecule has 0 unspecified atom stereocenters. The molecular formula is C21H19N5O. The van der Waals surface area contributed by atoms with Crippen molar-refractivity contribution in [2.45, 2.75) is 13.3 Å². The van der Waals surface area contributed by atoms with Crippen molar-refractivity contribution in [3.63, 3.8) is 0 Å². The molecule has 0 N–H and O–H groups in total. The van der Waals surface area contributed by atoms with Gasteiger partial charge in [-0.05, 0) is 12.1 Å². The molecule has 4 rings (SSSR count). The Labute approximate surface area is 157 Å². The molecular weight excluding hydrogens is 338 g/mol. The van der Waals surface area contributed by atoms with Crippen molar-refractivity contribution < 1.29 is 4.79 Å². The van der Waals surface area contributed by atoms with E-state index in [9.17, 15) is 4.79 Å². The molecule has 27 heavy (non-hydrogen) atoms. The summed E-state index contributed by atoms with van der Waals surface area (Å²) in [5.74, 6) is 1.19. The van der Waals surface area contributed by atoms with E-state index < -0.39 is 0 Å². The zero-order valence-corrected chi connectivity index (χ0v) is 15.2. The fraction of sp³-hybridized carbons (Fsp3) is 0.143. The first-order valence-electron chi connectivity index (χ1n) is 8.82. The van der Waals surface area contributed by atoms with Crippen LogP contribution in [-0.2, 0) is 6.42 Å². The van der Waals surface area contributed by atoms with Gasteiger partial charge in [0.15, 0.2) is 11.4 Å². The molecule has 0 amide bonds. The maximum Gasteiger partial charge on any atom is 0.234 e. The second kappa shape index (κ2) is 6.99. The maximum atomic E-state index is 12.9. The predicted molar refractivity (Wildman–Crippen MR) is 105 cm³/mol. The Hall–Kier alpha value is -3.54. The molecule has 0 saturated carbocycles. The van der Waals surface area contributed by atoms with E-state index in [1.165, 1.54) is 0 Å². The molecule has 2 aromatic carbocycles. The topological polar surface area (TPSA) is 63.4 Å². The predicted octanol–water partition coefficient (Wildman–Crippen LogP) is 3.69. The highest BCUT2D eigenvalue weighted by Crippen LogP contribution is 2.24. The van der Waals surface area contributed by atoms with E-state index in [0.29, 0.717) is 35.0 Å². The average Bonchev–Trinajstić information content (AvgIpc) is 3.17. The fourth-order valence-electron chi connectivity index (χ4n) is 2.95. The number of anilines is 2. The summed E-state index contributed by atoms with van der Waals surface area (Å²) < 4.78 is 1.63. The van der Waals surface area contributed by atoms with Crippen LogP contribution < -0.4 is 4.90 Å². The van der Waals surface area contributed by atoms with Gasteiger partial charge in [0.1, 0.15) is 5.82 Å². The third-order valence-corrected chi connectivity index (χ3v) is 4.44. The summed E-state index contributed by atoms with van der Waals surface area (Å²) in [6.07, 6.45) is 2.23. The Morgan fingerprint density at radius 3 is 2.33 bits per heavy atom. The molecule has 4 aromatic rings. The first-order valence-corrected chi connectivity index (χ1v) is 8.82. The lowest BCUT2D eigenvalue weighted by Gasteiger charge is -2.19. The Balaban J connectivity index is 1.87. The zero-order chi connectivity index (χ0) is 18.8. The van der Waals surface area contributed by atoms with Gasteiger partial charge in [-0.15, -0.1) is 0 Å². The van der Waals surface area contributed by atoms with Gasteiger partial charge in [-0.2, -0.15) is 14.6 Å². The Morgan fingerprint density at radius 1 is 1.00 bits per heavy atom. The number of nitrogens with zero attached hydrogens (tertiary/aromatic N) is 5. The number of para-hydroxylation sites is 1. The standard InChI is InChI=1S/C21H19N5O/c1-3-18-23-20-17(19(27)15-10-6-4-7-11-15)14-22-26(20)21(24-18)25(2)16-12-8-5-9-13-16/h4-14H,3H2,1-2H3. The summed E-state index contributed by atoms with van der Waals surface area (Å²) in [5, 5.41) is 4.42. The maximum absolute atomic E-state index is 12.9. The van der Waals surface area contributed by atoms with Gasteiger partial charge < -0.3 is 4.90 Å². The van der Waals surface area contributed by atoms with Gasteiger partial charge in [-0.3, -0.25) is 4.79 Å². The minimum absolute atomic E-state index is 0.0975. The monoisotopic (exact) mass is 357 g/mol. The third-order valence-electron chi connectivity index (χ3n) is 4.44. The zero-order valence-electron chi connectivity index (χ0n) is 15.2. The SMILES string of the molecule is CCc1nc(N(C)c2ccccc2)n2ncc(C(=O)c3ccccc3)c2n1. The highest BCUT2D eigenvalue weighted by Gasteiger charge is 2.20. The van der Waals surface area contributed by atoms with Crippen molar-refractivity contribution in [2.75, 3.05) is 11.9 Å². The molecule has 2 heterocycles. The van der Waals surface area contributed by atoms with Crippen molar-refractivity contribution in [3.05, 3.63) is 83.8 Å². The van der Waals surface area contributed by atoms with Crippen LogP contribution in [0.3, 0.4) is 0 Å². The van der Waals surface area contributed by atoms with E-state index >= 15 is 0 Å². The minimum atomic E-state index is -0.0975. The first kappa shape index (κ1) is 16.9. The van der Waals surface area contributed by atoms with Crippen LogP contribution in [0.5, 0.6) is 0 Å². The second-order valence-corrected chi connectivity index (χ2v) is 6.18. The number of fused-ring (bicyclic) bond motifs is 1. The quantitative estimate of drug-likeness (QED) is 0.510. The summed E-state index contributed by atoms with van der Waals surface area (Å²) in [6.45, 7) is 1.99. The van der Waals surface area contributed by atoms with E-state index in [1.54, 1.807) is 22.8 Å². The van der Waals surface area contributed by atoms with Crippen LogP contribution in [0.15, 0.2) is 66.9 Å². The average molecular weight is 357 g/mol. The first-order chi connectivity index (χ1) is 13.2. The fourth-order valence-corrected chi connectivity index (χ4v) is 2.95. The van der Waals surface area contributed by atoms with Gasteiger partial charge in [-0.25, -0.2) is 4.98 Å². The van der Waals surface area contributed by atoms with Crippen molar-refractivity contribution in [1.82, 2.24) is 19.6 Å². The largest absolute Gasteiger partial charge is 0.313 e. The summed E-state index contributed by atoms with van der Waals surface area (Å²) in [7, 11) is 1.93. The van der Waals surface area contributed by atoms with Crippen LogP contribution in [-0.4, -0.2) is 32.4 Å². The van der Waals surface area contributed by atoms with Crippen LogP contribution in [0.1, 0.15) is 28.7 Å². The van der Waals surface area contributed by atoms with Gasteiger partial charge in [-0.1, -0.05) is 55.5 Å². The molecule has 0 spiro atoms. The van der Waals surface area contributed by atoms with Crippen molar-refractivity contribution in [1.29, 1.82) is 0 Å². The van der Waals surface area contributed by atoms with Crippen LogP contribution >= 0.6 is 0 Å². The highest BCUT2D eigenvalue weighted by atomic mass is 16.1. The summed E-state index contributed by atoms with van der Waals surface area (Å²) in [4.78, 5) is 24.1. The number of hydrogen-bond acceptors (Lipinski definition) is 5. The van der Waals surface area contributed by atoms with E-state index in [4.69, 9.17) is 0 Å². The number of rotatable bonds is 5. The molecule has 0 atom stereocenters. The molecule has 6 nitrogen and oxygen atoms in total. The number of benzene rings is 2. The molecule has 0 aliphatic rings. The van der Waals surface area contributed by atoms with Crippen LogP contribution in [0.2, 0.25) is 0 Å². The number of ketones is 1. The van der Waals surface area contributed by atoms with Crippen LogP contribution in [0, 0.1) is 0 Å². The molecule has 0 radical (unpaired) electrons. The normalized spacial score (nSPS) is 10.9. The number of carbonyl (C=O) groups is 1. The van der Waals surface area contributed by atoms with Gasteiger partial charge in [0, 0.05) is 24.7 Å². The molecule has 0 bridgehead atoms. The Bertz CT molecular complexity index is 1090. The molecule has 134 valence electrons. The van der Waals surface area contributed by atoms with Crippen molar-refractivity contribution in [2.24, 2.45) is 0 Å². The number of aromatic nitrogens is 4. The minimum Gasteiger partial charge on any atom is -0.313 e. The highest BCUT2D eigenvalue weighted by molar-refractivity contribution is 6.12. The molecule has 0 aliphatic heterocycles. The lowest BCUT2D eigenvalue weighted by molar-refractivity contribution is 0.104. The van der Waals surface area contributed by atoms with Gasteiger partial charge >= 0.3 is 0 Å². The van der Waals surface area contributed by atoms with Crippen molar-refractivity contribution >= 4 is 23.1 Å². The van der Waals surface area contributed by atoms with E-state index in [0.717, 1.165) is 5.69 Å². The molecule has 0 fully saturated rings. The van der Waals surface area contributed by atoms with Crippen LogP contribution in [0.4, 0.5) is 11.6 Å². The van der Waals surface area contributed by atoms with E-state index in [1.807, 2.05) is 67.4 Å². The third kappa shape index (κ3) is 3.06. The second-order valence-electron chi connectivity index (χ2n) is 6.18. The smallest absolute Gasteiger partial charge is 0.234 e. The van der Waals surface area contributed by atoms with Crippen LogP contribution in [0.25, 0.3) is 5.65 Å². The summed E-state index contributed by atoms with van der Waals surface area (Å²) >= 11 is 0. The lowest BCUT2D eigenvalue weighted by Crippen LogP contribution is -2.18. The molecule has 6 heteroatoms. The summed E-state index contributed by atoms with van der Waals surface area (Å²) in [6, 6.07) is 19.1.